The van der Waals surface area contributed by atoms with E-state index in [0.717, 1.165) is 13.0 Å². The molecule has 70 valence electrons. The first kappa shape index (κ1) is 9.48. The number of methoxy groups -OCH3 is 1. The number of esters is 1. The number of ether oxygens (including phenoxy) is 2. The average molecular weight is 173 g/mol. The van der Waals surface area contributed by atoms with Crippen LogP contribution in [0, 0.1) is 0 Å². The second-order valence-electron chi connectivity index (χ2n) is 2.88. The van der Waals surface area contributed by atoms with Crippen molar-refractivity contribution in [3.05, 3.63) is 0 Å². The van der Waals surface area contributed by atoms with E-state index in [1.807, 2.05) is 0 Å². The summed E-state index contributed by atoms with van der Waals surface area (Å²) in [7, 11) is 1.36. The summed E-state index contributed by atoms with van der Waals surface area (Å²) in [5, 5.41) is 3.27. The van der Waals surface area contributed by atoms with Gasteiger partial charge >= 0.3 is 5.97 Å². The molecule has 1 rings (SSSR count). The minimum absolute atomic E-state index is 0.0642. The summed E-state index contributed by atoms with van der Waals surface area (Å²) in [5.41, 5.74) is 0. The lowest BCUT2D eigenvalue weighted by atomic mass is 10.2. The van der Waals surface area contributed by atoms with Crippen LogP contribution in [0.1, 0.15) is 12.8 Å². The van der Waals surface area contributed by atoms with E-state index in [4.69, 9.17) is 4.74 Å². The molecule has 0 aromatic rings. The molecular formula is C8H15NO3. The molecule has 12 heavy (non-hydrogen) atoms. The van der Waals surface area contributed by atoms with Crippen LogP contribution >= 0.6 is 0 Å². The van der Waals surface area contributed by atoms with Crippen molar-refractivity contribution in [1.82, 2.24) is 5.32 Å². The van der Waals surface area contributed by atoms with E-state index in [9.17, 15) is 4.79 Å². The smallest absolute Gasteiger partial charge is 0.331 e. The van der Waals surface area contributed by atoms with Crippen LogP contribution in [-0.4, -0.2) is 38.9 Å². The van der Waals surface area contributed by atoms with Crippen LogP contribution in [0.4, 0.5) is 0 Å². The molecule has 0 aliphatic carbocycles. The number of nitrogens with one attached hydrogen (secondary N) is 1. The predicted molar refractivity (Wildman–Crippen MR) is 43.9 cm³/mol. The van der Waals surface area contributed by atoms with Gasteiger partial charge in [0.1, 0.15) is 6.61 Å². The zero-order valence-electron chi connectivity index (χ0n) is 7.34. The van der Waals surface area contributed by atoms with Gasteiger partial charge in [-0.05, 0) is 19.4 Å². The van der Waals surface area contributed by atoms with Crippen LogP contribution in [0.5, 0.6) is 0 Å². The molecule has 1 atom stereocenters. The Morgan fingerprint density at radius 2 is 2.50 bits per heavy atom. The molecule has 4 nitrogen and oxygen atoms in total. The fourth-order valence-corrected chi connectivity index (χ4v) is 1.24. The van der Waals surface area contributed by atoms with Crippen LogP contribution in [-0.2, 0) is 14.3 Å². The predicted octanol–water partition coefficient (Wildman–Crippen LogP) is -0.0720. The molecule has 1 fully saturated rings. The Labute approximate surface area is 72.2 Å². The van der Waals surface area contributed by atoms with Crippen LogP contribution in [0.2, 0.25) is 0 Å². The van der Waals surface area contributed by atoms with E-state index >= 15 is 0 Å². The summed E-state index contributed by atoms with van der Waals surface area (Å²) >= 11 is 0. The Morgan fingerprint density at radius 3 is 3.08 bits per heavy atom. The molecule has 1 aliphatic rings. The van der Waals surface area contributed by atoms with Gasteiger partial charge in [-0.3, -0.25) is 0 Å². The van der Waals surface area contributed by atoms with Crippen LogP contribution in [0.3, 0.4) is 0 Å². The third-order valence-electron chi connectivity index (χ3n) is 1.93. The van der Waals surface area contributed by atoms with Gasteiger partial charge in [-0.2, -0.15) is 0 Å². The molecule has 0 spiro atoms. The average Bonchev–Trinajstić information content (AvgIpc) is 2.57. The van der Waals surface area contributed by atoms with Crippen molar-refractivity contribution in [2.24, 2.45) is 0 Å². The topological polar surface area (TPSA) is 47.6 Å². The van der Waals surface area contributed by atoms with Gasteiger partial charge in [0, 0.05) is 6.04 Å². The van der Waals surface area contributed by atoms with Gasteiger partial charge < -0.3 is 14.8 Å². The third kappa shape index (κ3) is 3.19. The van der Waals surface area contributed by atoms with Crippen molar-refractivity contribution < 1.29 is 14.3 Å². The van der Waals surface area contributed by atoms with E-state index in [0.29, 0.717) is 12.6 Å². The minimum atomic E-state index is -0.312. The van der Waals surface area contributed by atoms with Gasteiger partial charge in [0.05, 0.1) is 13.7 Å². The first-order valence-electron chi connectivity index (χ1n) is 4.21. The van der Waals surface area contributed by atoms with Crippen molar-refractivity contribution in [3.8, 4) is 0 Å². The third-order valence-corrected chi connectivity index (χ3v) is 1.93. The number of hydrogen-bond acceptors (Lipinski definition) is 4. The van der Waals surface area contributed by atoms with E-state index in [2.05, 4.69) is 10.1 Å². The van der Waals surface area contributed by atoms with Crippen LogP contribution < -0.4 is 5.32 Å². The Bertz CT molecular complexity index is 143. The van der Waals surface area contributed by atoms with Gasteiger partial charge in [0.15, 0.2) is 0 Å². The number of rotatable bonds is 4. The fourth-order valence-electron chi connectivity index (χ4n) is 1.24. The van der Waals surface area contributed by atoms with Crippen molar-refractivity contribution in [2.45, 2.75) is 18.9 Å². The summed E-state index contributed by atoms with van der Waals surface area (Å²) < 4.78 is 9.56. The molecule has 1 aliphatic heterocycles. The maximum absolute atomic E-state index is 10.6. The minimum Gasteiger partial charge on any atom is -0.467 e. The lowest BCUT2D eigenvalue weighted by molar-refractivity contribution is -0.146. The fraction of sp³-hybridized carbons (Fsp3) is 0.875. The molecule has 0 aromatic heterocycles. The summed E-state index contributed by atoms with van der Waals surface area (Å²) in [4.78, 5) is 10.6. The molecule has 1 N–H and O–H groups in total. The van der Waals surface area contributed by atoms with Gasteiger partial charge in [-0.1, -0.05) is 0 Å². The molecule has 0 amide bonds. The van der Waals surface area contributed by atoms with E-state index in [-0.39, 0.29) is 12.6 Å². The first-order valence-corrected chi connectivity index (χ1v) is 4.21. The summed E-state index contributed by atoms with van der Waals surface area (Å²) in [6.45, 7) is 1.73. The second kappa shape index (κ2) is 5.11. The lowest BCUT2D eigenvalue weighted by Gasteiger charge is -2.09. The summed E-state index contributed by atoms with van der Waals surface area (Å²) in [6, 6.07) is 0.426. The van der Waals surface area contributed by atoms with E-state index < -0.39 is 0 Å². The van der Waals surface area contributed by atoms with E-state index in [1.165, 1.54) is 13.5 Å². The van der Waals surface area contributed by atoms with E-state index in [1.54, 1.807) is 0 Å². The van der Waals surface area contributed by atoms with Crippen molar-refractivity contribution in [2.75, 3.05) is 26.9 Å². The van der Waals surface area contributed by atoms with Crippen molar-refractivity contribution in [1.29, 1.82) is 0 Å². The van der Waals surface area contributed by atoms with Gasteiger partial charge in [0.2, 0.25) is 0 Å². The first-order chi connectivity index (χ1) is 5.83. The Kier molecular flexibility index (Phi) is 4.04. The molecule has 0 radical (unpaired) electrons. The molecule has 0 saturated carbocycles. The molecule has 0 unspecified atom stereocenters. The Hall–Kier alpha value is -0.610. The number of carbonyl (C=O) groups is 1. The van der Waals surface area contributed by atoms with Crippen LogP contribution in [0.25, 0.3) is 0 Å². The highest BCUT2D eigenvalue weighted by Crippen LogP contribution is 2.04. The SMILES string of the molecule is COC(=O)COC[C@@H]1CCCN1. The molecule has 0 aromatic carbocycles. The van der Waals surface area contributed by atoms with Crippen molar-refractivity contribution >= 4 is 5.97 Å². The quantitative estimate of drug-likeness (QED) is 0.604. The highest BCUT2D eigenvalue weighted by molar-refractivity contribution is 5.70. The molecular weight excluding hydrogens is 158 g/mol. The molecule has 4 heteroatoms. The maximum Gasteiger partial charge on any atom is 0.331 e. The standard InChI is InChI=1S/C8H15NO3/c1-11-8(10)6-12-5-7-3-2-4-9-7/h7,9H,2-6H2,1H3/t7-/m0/s1. The Balaban J connectivity index is 1.97. The Morgan fingerprint density at radius 1 is 1.67 bits per heavy atom. The maximum atomic E-state index is 10.6. The number of hydrogen-bond donors (Lipinski definition) is 1. The summed E-state index contributed by atoms with van der Waals surface area (Å²) in [5.74, 6) is -0.312. The van der Waals surface area contributed by atoms with Crippen LogP contribution in [0.15, 0.2) is 0 Å². The lowest BCUT2D eigenvalue weighted by Crippen LogP contribution is -2.28. The van der Waals surface area contributed by atoms with Gasteiger partial charge in [-0.25, -0.2) is 4.79 Å². The molecule has 0 bridgehead atoms. The van der Waals surface area contributed by atoms with Crippen molar-refractivity contribution in [3.63, 3.8) is 0 Å². The zero-order valence-corrected chi connectivity index (χ0v) is 7.34. The number of carbonyl (C=O) groups excluding carboxylic acids is 1. The monoisotopic (exact) mass is 173 g/mol. The molecule has 1 heterocycles. The largest absolute Gasteiger partial charge is 0.467 e. The summed E-state index contributed by atoms with van der Waals surface area (Å²) in [6.07, 6.45) is 2.34. The van der Waals surface area contributed by atoms with Gasteiger partial charge in [0.25, 0.3) is 0 Å². The zero-order chi connectivity index (χ0) is 8.81. The highest BCUT2D eigenvalue weighted by atomic mass is 16.6. The highest BCUT2D eigenvalue weighted by Gasteiger charge is 2.14. The normalized spacial score (nSPS) is 22.6. The second-order valence-corrected chi connectivity index (χ2v) is 2.88. The van der Waals surface area contributed by atoms with Gasteiger partial charge in [-0.15, -0.1) is 0 Å². The molecule has 1 saturated heterocycles.